The number of hydrogen-bond donors (Lipinski definition) is 4. The number of thiophene rings is 1. The van der Waals surface area contributed by atoms with E-state index in [1.54, 1.807) is 24.3 Å². The van der Waals surface area contributed by atoms with Gasteiger partial charge in [-0.3, -0.25) is 9.59 Å². The first-order chi connectivity index (χ1) is 15.8. The van der Waals surface area contributed by atoms with Crippen molar-refractivity contribution in [3.8, 4) is 0 Å². The van der Waals surface area contributed by atoms with E-state index in [0.29, 0.717) is 16.0 Å². The zero-order valence-corrected chi connectivity index (χ0v) is 18.7. The molecule has 6 N–H and O–H groups in total. The van der Waals surface area contributed by atoms with Gasteiger partial charge < -0.3 is 26.4 Å². The van der Waals surface area contributed by atoms with Crippen LogP contribution in [0.1, 0.15) is 54.9 Å². The van der Waals surface area contributed by atoms with E-state index in [-0.39, 0.29) is 0 Å². The third-order valence-electron chi connectivity index (χ3n) is 4.45. The minimum absolute atomic E-state index is 0.346. The van der Waals surface area contributed by atoms with Crippen molar-refractivity contribution in [3.05, 3.63) is 56.8 Å². The van der Waals surface area contributed by atoms with Crippen LogP contribution in [-0.2, 0) is 27.2 Å². The van der Waals surface area contributed by atoms with Crippen LogP contribution in [0.3, 0.4) is 0 Å². The lowest BCUT2D eigenvalue weighted by Crippen LogP contribution is -2.21. The fourth-order valence-corrected chi connectivity index (χ4v) is 4.09. The number of carbonyl (C=O) groups excluding carboxylic acids is 2. The molecular weight excluding hydrogens is 481 g/mol. The first-order valence-electron chi connectivity index (χ1n) is 9.67. The summed E-state index contributed by atoms with van der Waals surface area (Å²) < 4.78 is 36.4. The van der Waals surface area contributed by atoms with Gasteiger partial charge >= 0.3 is 24.1 Å². The zero-order valence-electron chi connectivity index (χ0n) is 17.9. The average molecular weight is 504 g/mol. The summed E-state index contributed by atoms with van der Waals surface area (Å²) >= 11 is 1.34. The molecule has 0 unspecified atom stereocenters. The largest absolute Gasteiger partial charge is 0.490 e. The number of ether oxygens (including phenoxy) is 1. The normalized spacial score (nSPS) is 13.1. The second kappa shape index (κ2) is 12.7. The predicted octanol–water partition coefficient (Wildman–Crippen LogP) is 2.92. The van der Waals surface area contributed by atoms with Crippen LogP contribution in [0.25, 0.3) is 0 Å². The van der Waals surface area contributed by atoms with Crippen LogP contribution in [-0.4, -0.2) is 47.3 Å². The van der Waals surface area contributed by atoms with Crippen molar-refractivity contribution < 1.29 is 47.3 Å². The van der Waals surface area contributed by atoms with Crippen molar-refractivity contribution in [2.75, 3.05) is 7.11 Å². The summed E-state index contributed by atoms with van der Waals surface area (Å²) in [6.45, 7) is 0. The predicted molar refractivity (Wildman–Crippen MR) is 116 cm³/mol. The van der Waals surface area contributed by atoms with Crippen LogP contribution >= 0.6 is 11.3 Å². The number of methoxy groups -OCH3 is 1. The first-order valence-corrected chi connectivity index (χ1v) is 10.5. The molecule has 0 aliphatic heterocycles. The van der Waals surface area contributed by atoms with Gasteiger partial charge in [0.1, 0.15) is 10.9 Å². The molecule has 0 saturated carbocycles. The number of hydrogen-bond acceptors (Lipinski definition) is 7. The second-order valence-corrected chi connectivity index (χ2v) is 7.91. The Bertz CT molecular complexity index is 1020. The molecule has 0 spiro atoms. The van der Waals surface area contributed by atoms with Gasteiger partial charge in [0, 0.05) is 4.88 Å². The van der Waals surface area contributed by atoms with E-state index in [1.165, 1.54) is 18.4 Å². The number of halogens is 3. The monoisotopic (exact) mass is 504 g/mol. The molecular formula is C21H23F3N2O7S. The van der Waals surface area contributed by atoms with Gasteiger partial charge in [-0.05, 0) is 36.8 Å². The summed E-state index contributed by atoms with van der Waals surface area (Å²) in [5.74, 6) is -4.75. The number of aryl methyl sites for hydroxylation is 1. The molecule has 1 aliphatic rings. The van der Waals surface area contributed by atoms with Crippen LogP contribution in [0.5, 0.6) is 0 Å². The van der Waals surface area contributed by atoms with Crippen molar-refractivity contribution in [3.63, 3.8) is 0 Å². The van der Waals surface area contributed by atoms with Crippen LogP contribution in [0, 0.1) is 0 Å². The molecule has 1 aromatic carbocycles. The number of carboxylic acid groups (broad SMARTS) is 2. The van der Waals surface area contributed by atoms with Crippen molar-refractivity contribution in [1.29, 1.82) is 0 Å². The van der Waals surface area contributed by atoms with Crippen LogP contribution in [0.2, 0.25) is 0 Å². The molecule has 1 amide bonds. The number of primary amides is 1. The number of rotatable bonds is 4. The number of nitrogens with two attached hydrogens (primary N) is 2. The molecule has 0 saturated heterocycles. The highest BCUT2D eigenvalue weighted by Gasteiger charge is 2.38. The highest BCUT2D eigenvalue weighted by Crippen LogP contribution is 2.34. The fourth-order valence-electron chi connectivity index (χ4n) is 2.86. The van der Waals surface area contributed by atoms with E-state index >= 15 is 0 Å². The van der Waals surface area contributed by atoms with Gasteiger partial charge in [0.2, 0.25) is 0 Å². The van der Waals surface area contributed by atoms with E-state index in [4.69, 9.17) is 31.2 Å². The SMILES string of the molecule is COC(=O)c1c(C(N)=O)sc2c1CCCC2.N[C@H](C(=O)O)c1ccccc1.O=C(O)C(F)(F)F. The standard InChI is InChI=1S/C11H13NO3S.C8H9NO2.C2HF3O2/c1-15-11(14)8-6-4-2-3-5-7(6)16-9(8)10(12)13;9-7(8(10)11)6-4-2-1-3-5-6;3-2(4,5)1(6)7/h2-5H2,1H3,(H2,12,13);1-5,7H,9H2,(H,10,11);(H,6,7)/t;7-;/m.0./s1. The molecule has 0 radical (unpaired) electrons. The molecule has 3 rings (SSSR count). The highest BCUT2D eigenvalue weighted by molar-refractivity contribution is 7.14. The summed E-state index contributed by atoms with van der Waals surface area (Å²) in [6, 6.07) is 7.82. The van der Waals surface area contributed by atoms with E-state index < -0.39 is 36.0 Å². The van der Waals surface area contributed by atoms with E-state index in [2.05, 4.69) is 0 Å². The lowest BCUT2D eigenvalue weighted by atomic mass is 9.95. The van der Waals surface area contributed by atoms with Gasteiger partial charge in [0.05, 0.1) is 12.7 Å². The van der Waals surface area contributed by atoms with Gasteiger partial charge in [0.25, 0.3) is 5.91 Å². The van der Waals surface area contributed by atoms with E-state index in [9.17, 15) is 27.6 Å². The number of esters is 1. The van der Waals surface area contributed by atoms with Crippen LogP contribution < -0.4 is 11.5 Å². The Hall–Kier alpha value is -3.45. The first kappa shape index (κ1) is 28.6. The minimum atomic E-state index is -5.08. The maximum absolute atomic E-state index is 11.6. The number of fused-ring (bicyclic) bond motifs is 1. The Kier molecular flexibility index (Phi) is 10.7. The molecule has 34 heavy (non-hydrogen) atoms. The highest BCUT2D eigenvalue weighted by atomic mass is 32.1. The molecule has 1 atom stereocenters. The van der Waals surface area contributed by atoms with E-state index in [1.807, 2.05) is 6.07 Å². The number of carboxylic acids is 2. The number of amides is 1. The smallest absolute Gasteiger partial charge is 0.480 e. The van der Waals surface area contributed by atoms with Crippen molar-refractivity contribution in [1.82, 2.24) is 0 Å². The van der Waals surface area contributed by atoms with E-state index in [0.717, 1.165) is 36.1 Å². The number of carbonyl (C=O) groups is 4. The molecule has 9 nitrogen and oxygen atoms in total. The molecule has 0 bridgehead atoms. The summed E-state index contributed by atoms with van der Waals surface area (Å²) in [6.07, 6.45) is -1.17. The molecule has 13 heteroatoms. The Balaban J connectivity index is 0.000000280. The van der Waals surface area contributed by atoms with Crippen molar-refractivity contribution in [2.24, 2.45) is 11.5 Å². The van der Waals surface area contributed by atoms with Crippen LogP contribution in [0.4, 0.5) is 13.2 Å². The summed E-state index contributed by atoms with van der Waals surface area (Å²) in [7, 11) is 1.32. The third-order valence-corrected chi connectivity index (χ3v) is 5.76. The fraction of sp³-hybridized carbons (Fsp3) is 0.333. The molecule has 0 fully saturated rings. The molecule has 2 aromatic rings. The lowest BCUT2D eigenvalue weighted by molar-refractivity contribution is -0.192. The molecule has 186 valence electrons. The van der Waals surface area contributed by atoms with Crippen molar-refractivity contribution >= 4 is 35.2 Å². The summed E-state index contributed by atoms with van der Waals surface area (Å²) in [4.78, 5) is 43.7. The van der Waals surface area contributed by atoms with Gasteiger partial charge in [0.15, 0.2) is 0 Å². The van der Waals surface area contributed by atoms with Gasteiger partial charge in [-0.25, -0.2) is 9.59 Å². The quantitative estimate of drug-likeness (QED) is 0.461. The Morgan fingerprint density at radius 2 is 1.59 bits per heavy atom. The Morgan fingerprint density at radius 3 is 2.03 bits per heavy atom. The zero-order chi connectivity index (χ0) is 26.1. The Labute approximate surface area is 196 Å². The molecule has 1 heterocycles. The summed E-state index contributed by atoms with van der Waals surface area (Å²) in [5.41, 5.74) is 12.6. The average Bonchev–Trinajstić information content (AvgIpc) is 3.19. The topological polar surface area (TPSA) is 170 Å². The second-order valence-electron chi connectivity index (χ2n) is 6.80. The minimum Gasteiger partial charge on any atom is -0.480 e. The van der Waals surface area contributed by atoms with Crippen molar-refractivity contribution in [2.45, 2.75) is 37.9 Å². The molecule has 1 aliphatic carbocycles. The number of benzene rings is 1. The van der Waals surface area contributed by atoms with Gasteiger partial charge in [-0.1, -0.05) is 30.3 Å². The Morgan fingerprint density at radius 1 is 1.06 bits per heavy atom. The third kappa shape index (κ3) is 8.15. The number of alkyl halides is 3. The maximum atomic E-state index is 11.6. The molecule has 1 aromatic heterocycles. The van der Waals surface area contributed by atoms with Crippen LogP contribution in [0.15, 0.2) is 30.3 Å². The van der Waals surface area contributed by atoms with Gasteiger partial charge in [-0.15, -0.1) is 11.3 Å². The summed E-state index contributed by atoms with van der Waals surface area (Å²) in [5, 5.41) is 15.6. The van der Waals surface area contributed by atoms with Gasteiger partial charge in [-0.2, -0.15) is 13.2 Å². The maximum Gasteiger partial charge on any atom is 0.490 e. The lowest BCUT2D eigenvalue weighted by Gasteiger charge is -2.11. The number of aliphatic carboxylic acids is 2.